The summed E-state index contributed by atoms with van der Waals surface area (Å²) in [5.41, 5.74) is 1.06. The van der Waals surface area contributed by atoms with E-state index in [0.717, 1.165) is 0 Å². The van der Waals surface area contributed by atoms with Gasteiger partial charge in [-0.15, -0.1) is 0 Å². The lowest BCUT2D eigenvalue weighted by molar-refractivity contribution is 0.558. The number of rotatable bonds is 2. The Hall–Kier alpha value is -1.43. The maximum Gasteiger partial charge on any atom is 0.132 e. The molecule has 74 valence electrons. The summed E-state index contributed by atoms with van der Waals surface area (Å²) in [6.45, 7) is 3.01. The van der Waals surface area contributed by atoms with E-state index in [2.05, 4.69) is 0 Å². The number of halogens is 2. The van der Waals surface area contributed by atoms with Gasteiger partial charge in [0.15, 0.2) is 0 Å². The van der Waals surface area contributed by atoms with Crippen molar-refractivity contribution in [2.45, 2.75) is 26.7 Å². The van der Waals surface area contributed by atoms with Crippen LogP contribution in [0.15, 0.2) is 6.07 Å². The average Bonchev–Trinajstić information content (AvgIpc) is 2.18. The minimum absolute atomic E-state index is 0.0446. The van der Waals surface area contributed by atoms with Crippen LogP contribution in [0.5, 0.6) is 0 Å². The van der Waals surface area contributed by atoms with Crippen molar-refractivity contribution in [3.8, 4) is 6.07 Å². The Morgan fingerprint density at radius 2 is 1.93 bits per heavy atom. The van der Waals surface area contributed by atoms with E-state index in [4.69, 9.17) is 5.26 Å². The quantitative estimate of drug-likeness (QED) is 0.711. The van der Waals surface area contributed by atoms with Crippen molar-refractivity contribution in [2.24, 2.45) is 0 Å². The van der Waals surface area contributed by atoms with Gasteiger partial charge in [0, 0.05) is 12.0 Å². The lowest BCUT2D eigenvalue weighted by Crippen LogP contribution is -1.99. The fourth-order valence-electron chi connectivity index (χ4n) is 1.35. The van der Waals surface area contributed by atoms with Crippen molar-refractivity contribution in [3.05, 3.63) is 34.4 Å². The van der Waals surface area contributed by atoms with Crippen LogP contribution in [0.25, 0.3) is 0 Å². The molecule has 0 bridgehead atoms. The van der Waals surface area contributed by atoms with E-state index in [9.17, 15) is 8.78 Å². The average molecular weight is 195 g/mol. The maximum atomic E-state index is 13.4. The fraction of sp³-hybridized carbons (Fsp3) is 0.364. The maximum absolute atomic E-state index is 13.4. The molecule has 0 spiro atoms. The third-order valence-electron chi connectivity index (χ3n) is 2.31. The molecule has 0 amide bonds. The first-order chi connectivity index (χ1) is 6.57. The van der Waals surface area contributed by atoms with Gasteiger partial charge >= 0.3 is 0 Å². The zero-order valence-electron chi connectivity index (χ0n) is 8.19. The van der Waals surface area contributed by atoms with E-state index >= 15 is 0 Å². The molecule has 1 aromatic carbocycles. The molecule has 0 N–H and O–H groups in total. The number of hydrogen-bond acceptors (Lipinski definition) is 1. The van der Waals surface area contributed by atoms with Gasteiger partial charge < -0.3 is 0 Å². The summed E-state index contributed by atoms with van der Waals surface area (Å²) >= 11 is 0. The molecule has 0 atom stereocenters. The van der Waals surface area contributed by atoms with Crippen molar-refractivity contribution in [3.63, 3.8) is 0 Å². The molecule has 1 aromatic rings. The first-order valence-electron chi connectivity index (χ1n) is 4.39. The first kappa shape index (κ1) is 10.6. The molecule has 1 rings (SSSR count). The topological polar surface area (TPSA) is 23.8 Å². The Balaban J connectivity index is 3.14. The molecule has 0 saturated carbocycles. The normalized spacial score (nSPS) is 9.93. The largest absolute Gasteiger partial charge is 0.207 e. The molecule has 0 aromatic heterocycles. The number of nitriles is 1. The monoisotopic (exact) mass is 195 g/mol. The Kier molecular flexibility index (Phi) is 3.19. The van der Waals surface area contributed by atoms with Crippen LogP contribution in [0, 0.1) is 36.8 Å². The van der Waals surface area contributed by atoms with Crippen molar-refractivity contribution in [2.75, 3.05) is 0 Å². The molecular formula is C11H11F2N. The molecule has 1 nitrogen and oxygen atoms in total. The van der Waals surface area contributed by atoms with Gasteiger partial charge in [-0.25, -0.2) is 8.78 Å². The highest BCUT2D eigenvalue weighted by Crippen LogP contribution is 2.20. The summed E-state index contributed by atoms with van der Waals surface area (Å²) in [7, 11) is 0. The second kappa shape index (κ2) is 4.19. The molecule has 0 aliphatic carbocycles. The molecule has 0 unspecified atom stereocenters. The molecule has 0 heterocycles. The van der Waals surface area contributed by atoms with Crippen LogP contribution < -0.4 is 0 Å². The highest BCUT2D eigenvalue weighted by atomic mass is 19.1. The second-order valence-electron chi connectivity index (χ2n) is 3.24. The van der Waals surface area contributed by atoms with Crippen LogP contribution in [0.3, 0.4) is 0 Å². The zero-order valence-corrected chi connectivity index (χ0v) is 8.19. The summed E-state index contributed by atoms with van der Waals surface area (Å²) < 4.78 is 26.5. The Labute approximate surface area is 82.0 Å². The van der Waals surface area contributed by atoms with E-state index in [1.807, 2.05) is 6.07 Å². The third-order valence-corrected chi connectivity index (χ3v) is 2.31. The van der Waals surface area contributed by atoms with E-state index in [1.165, 1.54) is 13.0 Å². The Bertz CT molecular complexity index is 391. The van der Waals surface area contributed by atoms with Crippen LogP contribution in [-0.4, -0.2) is 0 Å². The summed E-state index contributed by atoms with van der Waals surface area (Å²) in [6.07, 6.45) is 0.680. The molecule has 14 heavy (non-hydrogen) atoms. The molecule has 0 aliphatic rings. The second-order valence-corrected chi connectivity index (χ2v) is 3.24. The predicted molar refractivity (Wildman–Crippen MR) is 49.8 cm³/mol. The lowest BCUT2D eigenvalue weighted by Gasteiger charge is -2.08. The number of hydrogen-bond donors (Lipinski definition) is 0. The van der Waals surface area contributed by atoms with Crippen LogP contribution in [-0.2, 0) is 6.42 Å². The van der Waals surface area contributed by atoms with Crippen LogP contribution >= 0.6 is 0 Å². The molecule has 0 aliphatic heterocycles. The first-order valence-corrected chi connectivity index (χ1v) is 4.39. The van der Waals surface area contributed by atoms with Crippen molar-refractivity contribution >= 4 is 0 Å². The van der Waals surface area contributed by atoms with Gasteiger partial charge in [-0.05, 0) is 37.5 Å². The number of benzene rings is 1. The predicted octanol–water partition coefficient (Wildman–Crippen LogP) is 3.04. The third kappa shape index (κ3) is 1.90. The van der Waals surface area contributed by atoms with Gasteiger partial charge in [-0.2, -0.15) is 5.26 Å². The highest BCUT2D eigenvalue weighted by molar-refractivity contribution is 5.33. The highest BCUT2D eigenvalue weighted by Gasteiger charge is 2.11. The van der Waals surface area contributed by atoms with Gasteiger partial charge in [-0.1, -0.05) is 0 Å². The van der Waals surface area contributed by atoms with Crippen molar-refractivity contribution in [1.82, 2.24) is 0 Å². The van der Waals surface area contributed by atoms with Crippen LogP contribution in [0.2, 0.25) is 0 Å². The van der Waals surface area contributed by atoms with Crippen LogP contribution in [0.4, 0.5) is 8.78 Å². The van der Waals surface area contributed by atoms with Gasteiger partial charge in [-0.3, -0.25) is 0 Å². The molecule has 0 saturated heterocycles. The van der Waals surface area contributed by atoms with Crippen molar-refractivity contribution in [1.29, 1.82) is 5.26 Å². The van der Waals surface area contributed by atoms with E-state index in [-0.39, 0.29) is 12.0 Å². The number of nitrogens with zero attached hydrogens (tertiary/aromatic N) is 1. The molecule has 0 radical (unpaired) electrons. The minimum Gasteiger partial charge on any atom is -0.207 e. The van der Waals surface area contributed by atoms with Gasteiger partial charge in [0.1, 0.15) is 11.6 Å². The summed E-state index contributed by atoms with van der Waals surface area (Å²) in [4.78, 5) is 0. The van der Waals surface area contributed by atoms with E-state index in [0.29, 0.717) is 17.5 Å². The van der Waals surface area contributed by atoms with Crippen molar-refractivity contribution < 1.29 is 8.78 Å². The number of aryl methyl sites for hydroxylation is 1. The SMILES string of the molecule is Cc1c(F)cc(CCC#N)c(C)c1F. The summed E-state index contributed by atoms with van der Waals surface area (Å²) in [5, 5.41) is 8.37. The molecule has 0 fully saturated rings. The minimum atomic E-state index is -0.541. The van der Waals surface area contributed by atoms with E-state index in [1.54, 1.807) is 6.92 Å². The van der Waals surface area contributed by atoms with Gasteiger partial charge in [0.25, 0.3) is 0 Å². The van der Waals surface area contributed by atoms with E-state index < -0.39 is 11.6 Å². The summed E-state index contributed by atoms with van der Waals surface area (Å²) in [6, 6.07) is 3.26. The Morgan fingerprint density at radius 1 is 1.29 bits per heavy atom. The van der Waals surface area contributed by atoms with Gasteiger partial charge in [0.2, 0.25) is 0 Å². The molecule has 3 heteroatoms. The fourth-order valence-corrected chi connectivity index (χ4v) is 1.35. The smallest absolute Gasteiger partial charge is 0.132 e. The summed E-state index contributed by atoms with van der Waals surface area (Å²) in [5.74, 6) is -1.04. The lowest BCUT2D eigenvalue weighted by atomic mass is 10.0. The van der Waals surface area contributed by atoms with Crippen LogP contribution in [0.1, 0.15) is 23.1 Å². The zero-order chi connectivity index (χ0) is 10.7. The van der Waals surface area contributed by atoms with Gasteiger partial charge in [0.05, 0.1) is 6.07 Å². The standard InChI is InChI=1S/C11H11F2N/c1-7-9(4-3-5-14)6-10(12)8(2)11(7)13/h6H,3-4H2,1-2H3. The molecular weight excluding hydrogens is 184 g/mol. The Morgan fingerprint density at radius 3 is 2.50 bits per heavy atom.